The second-order valence-electron chi connectivity index (χ2n) is 6.48. The van der Waals surface area contributed by atoms with Crippen LogP contribution in [0.5, 0.6) is 0 Å². The molecule has 0 bridgehead atoms. The van der Waals surface area contributed by atoms with Gasteiger partial charge in [0.1, 0.15) is 11.6 Å². The molecule has 1 fully saturated rings. The molecular formula is C18H17F2N3O4S. The second kappa shape index (κ2) is 7.12. The van der Waals surface area contributed by atoms with Gasteiger partial charge in [0.05, 0.1) is 12.2 Å². The van der Waals surface area contributed by atoms with Crippen LogP contribution in [0.1, 0.15) is 0 Å². The molecule has 2 heterocycles. The smallest absolute Gasteiger partial charge is 0.408 e. The largest absolute Gasteiger partial charge is 0.421 e. The molecule has 0 N–H and O–H groups in total. The molecule has 1 aromatic heterocycles. The predicted molar refractivity (Wildman–Crippen MR) is 97.2 cm³/mol. The highest BCUT2D eigenvalue weighted by Crippen LogP contribution is 2.23. The van der Waals surface area contributed by atoms with Gasteiger partial charge in [0.15, 0.2) is 10.5 Å². The van der Waals surface area contributed by atoms with Crippen LogP contribution in [0.3, 0.4) is 0 Å². The van der Waals surface area contributed by atoms with Crippen molar-refractivity contribution < 1.29 is 21.6 Å². The summed E-state index contributed by atoms with van der Waals surface area (Å²) in [6.07, 6.45) is 0. The number of sulfonamides is 1. The molecule has 28 heavy (non-hydrogen) atoms. The van der Waals surface area contributed by atoms with Crippen LogP contribution >= 0.6 is 0 Å². The quantitative estimate of drug-likeness (QED) is 0.657. The third kappa shape index (κ3) is 3.23. The summed E-state index contributed by atoms with van der Waals surface area (Å²) >= 11 is 0. The zero-order chi connectivity index (χ0) is 19.9. The predicted octanol–water partition coefficient (Wildman–Crippen LogP) is 1.84. The third-order valence-corrected chi connectivity index (χ3v) is 6.71. The molecule has 148 valence electrons. The molecule has 10 heteroatoms. The molecule has 0 aliphatic carbocycles. The van der Waals surface area contributed by atoms with Crippen molar-refractivity contribution in [3.63, 3.8) is 0 Å². The topological polar surface area (TPSA) is 75.8 Å². The lowest BCUT2D eigenvalue weighted by Crippen LogP contribution is -2.49. The number of fused-ring (bicyclic) bond motifs is 1. The summed E-state index contributed by atoms with van der Waals surface area (Å²) in [5.41, 5.74) is 1.12. The van der Waals surface area contributed by atoms with E-state index in [-0.39, 0.29) is 19.8 Å². The number of hydrogen-bond acceptors (Lipinski definition) is 5. The molecule has 4 rings (SSSR count). The summed E-state index contributed by atoms with van der Waals surface area (Å²) in [4.78, 5) is 13.0. The van der Waals surface area contributed by atoms with E-state index in [0.29, 0.717) is 24.2 Å². The molecule has 0 amide bonds. The number of hydrogen-bond donors (Lipinski definition) is 0. The number of halogens is 2. The van der Waals surface area contributed by atoms with E-state index in [4.69, 9.17) is 4.42 Å². The minimum absolute atomic E-state index is 0.0562. The Labute approximate surface area is 159 Å². The van der Waals surface area contributed by atoms with E-state index in [2.05, 4.69) is 0 Å². The van der Waals surface area contributed by atoms with E-state index in [1.807, 2.05) is 4.90 Å². The molecule has 3 aromatic rings. The SMILES string of the molecule is O=c1oc2ccccc2n1CN1CCN(S(=O)(=O)c2c(F)cccc2F)CC1. The number of para-hydroxylation sites is 2. The normalized spacial score (nSPS) is 16.6. The van der Waals surface area contributed by atoms with Gasteiger partial charge in [-0.2, -0.15) is 4.31 Å². The van der Waals surface area contributed by atoms with Gasteiger partial charge in [-0.25, -0.2) is 22.0 Å². The Hall–Kier alpha value is -2.56. The lowest BCUT2D eigenvalue weighted by molar-refractivity contribution is 0.150. The monoisotopic (exact) mass is 409 g/mol. The van der Waals surface area contributed by atoms with Gasteiger partial charge < -0.3 is 4.42 Å². The Morgan fingerprint density at radius 2 is 1.57 bits per heavy atom. The molecule has 1 aliphatic heterocycles. The highest BCUT2D eigenvalue weighted by Gasteiger charge is 2.33. The standard InChI is InChI=1S/C18H17F2N3O4S/c19-13-4-3-5-14(20)17(13)28(25,26)22-10-8-21(9-11-22)12-23-15-6-1-2-7-16(15)27-18(23)24/h1-7H,8-12H2. The van der Waals surface area contributed by atoms with Crippen LogP contribution in [0.25, 0.3) is 11.1 Å². The first kappa shape index (κ1) is 18.8. The molecule has 2 aromatic carbocycles. The highest BCUT2D eigenvalue weighted by molar-refractivity contribution is 7.89. The fourth-order valence-electron chi connectivity index (χ4n) is 3.32. The van der Waals surface area contributed by atoms with Gasteiger partial charge in [0.25, 0.3) is 0 Å². The van der Waals surface area contributed by atoms with Gasteiger partial charge in [0.2, 0.25) is 10.0 Å². The first-order chi connectivity index (χ1) is 13.4. The molecular weight excluding hydrogens is 392 g/mol. The summed E-state index contributed by atoms with van der Waals surface area (Å²) < 4.78 is 60.8. The summed E-state index contributed by atoms with van der Waals surface area (Å²) in [7, 11) is -4.28. The Morgan fingerprint density at radius 1 is 0.929 bits per heavy atom. The number of rotatable bonds is 4. The van der Waals surface area contributed by atoms with Crippen molar-refractivity contribution >= 4 is 21.1 Å². The molecule has 1 aliphatic rings. The van der Waals surface area contributed by atoms with E-state index >= 15 is 0 Å². The lowest BCUT2D eigenvalue weighted by Gasteiger charge is -2.33. The summed E-state index contributed by atoms with van der Waals surface area (Å²) in [5, 5.41) is 0. The molecule has 0 saturated carbocycles. The Kier molecular flexibility index (Phi) is 4.77. The van der Waals surface area contributed by atoms with Gasteiger partial charge >= 0.3 is 5.76 Å². The van der Waals surface area contributed by atoms with E-state index in [9.17, 15) is 22.0 Å². The van der Waals surface area contributed by atoms with Crippen LogP contribution < -0.4 is 5.76 Å². The molecule has 1 saturated heterocycles. The molecule has 0 unspecified atom stereocenters. The van der Waals surface area contributed by atoms with Crippen LogP contribution in [-0.4, -0.2) is 48.4 Å². The number of oxazole rings is 1. The van der Waals surface area contributed by atoms with Gasteiger partial charge in [-0.05, 0) is 24.3 Å². The van der Waals surface area contributed by atoms with E-state index in [1.54, 1.807) is 24.3 Å². The fraction of sp³-hybridized carbons (Fsp3) is 0.278. The zero-order valence-electron chi connectivity index (χ0n) is 14.7. The number of aromatic nitrogens is 1. The lowest BCUT2D eigenvalue weighted by atomic mass is 10.3. The second-order valence-corrected chi connectivity index (χ2v) is 8.35. The fourth-order valence-corrected chi connectivity index (χ4v) is 4.85. The van der Waals surface area contributed by atoms with Crippen LogP contribution in [0.2, 0.25) is 0 Å². The number of piperazine rings is 1. The Balaban J connectivity index is 1.50. The summed E-state index contributed by atoms with van der Waals surface area (Å²) in [6, 6.07) is 9.98. The van der Waals surface area contributed by atoms with Crippen LogP contribution in [0, 0.1) is 11.6 Å². The van der Waals surface area contributed by atoms with Crippen molar-refractivity contribution in [2.45, 2.75) is 11.6 Å². The van der Waals surface area contributed by atoms with Gasteiger partial charge in [-0.3, -0.25) is 9.47 Å². The van der Waals surface area contributed by atoms with Crippen molar-refractivity contribution in [2.24, 2.45) is 0 Å². The van der Waals surface area contributed by atoms with Crippen molar-refractivity contribution in [1.82, 2.24) is 13.8 Å². The Bertz CT molecular complexity index is 1160. The molecule has 7 nitrogen and oxygen atoms in total. The first-order valence-corrected chi connectivity index (χ1v) is 10.1. The van der Waals surface area contributed by atoms with E-state index in [0.717, 1.165) is 22.5 Å². The maximum Gasteiger partial charge on any atom is 0.421 e. The van der Waals surface area contributed by atoms with Crippen molar-refractivity contribution in [2.75, 3.05) is 26.2 Å². The van der Waals surface area contributed by atoms with Gasteiger partial charge in [-0.1, -0.05) is 18.2 Å². The maximum absolute atomic E-state index is 13.9. The number of nitrogens with zero attached hydrogens (tertiary/aromatic N) is 3. The minimum Gasteiger partial charge on any atom is -0.408 e. The van der Waals surface area contributed by atoms with Crippen LogP contribution in [-0.2, 0) is 16.7 Å². The van der Waals surface area contributed by atoms with E-state index in [1.165, 1.54) is 4.57 Å². The van der Waals surface area contributed by atoms with Gasteiger partial charge in [-0.15, -0.1) is 0 Å². The van der Waals surface area contributed by atoms with Crippen molar-refractivity contribution in [3.8, 4) is 0 Å². The summed E-state index contributed by atoms with van der Waals surface area (Å²) in [6.45, 7) is 0.960. The van der Waals surface area contributed by atoms with Gasteiger partial charge in [0, 0.05) is 26.2 Å². The summed E-state index contributed by atoms with van der Waals surface area (Å²) in [5.74, 6) is -2.72. The average molecular weight is 409 g/mol. The first-order valence-electron chi connectivity index (χ1n) is 8.63. The molecule has 0 radical (unpaired) electrons. The van der Waals surface area contributed by atoms with E-state index < -0.39 is 32.3 Å². The number of benzene rings is 2. The van der Waals surface area contributed by atoms with Crippen molar-refractivity contribution in [3.05, 3.63) is 64.6 Å². The maximum atomic E-state index is 13.9. The van der Waals surface area contributed by atoms with Crippen LogP contribution in [0.15, 0.2) is 56.6 Å². The third-order valence-electron chi connectivity index (χ3n) is 4.76. The van der Waals surface area contributed by atoms with Crippen LogP contribution in [0.4, 0.5) is 8.78 Å². The molecule has 0 spiro atoms. The average Bonchev–Trinajstić information content (AvgIpc) is 2.97. The minimum atomic E-state index is -4.28. The van der Waals surface area contributed by atoms with Crippen molar-refractivity contribution in [1.29, 1.82) is 0 Å². The zero-order valence-corrected chi connectivity index (χ0v) is 15.5. The highest BCUT2D eigenvalue weighted by atomic mass is 32.2. The Morgan fingerprint density at radius 3 is 2.25 bits per heavy atom. The molecule has 0 atom stereocenters.